The van der Waals surface area contributed by atoms with E-state index < -0.39 is 0 Å². The van der Waals surface area contributed by atoms with E-state index in [4.69, 9.17) is 4.74 Å². The van der Waals surface area contributed by atoms with Crippen LogP contribution in [0.15, 0.2) is 34.9 Å². The lowest BCUT2D eigenvalue weighted by atomic mass is 10.0. The van der Waals surface area contributed by atoms with E-state index in [0.717, 1.165) is 22.5 Å². The van der Waals surface area contributed by atoms with Crippen LogP contribution in [0.5, 0.6) is 5.75 Å². The molecule has 2 aromatic rings. The third-order valence-electron chi connectivity index (χ3n) is 3.41. The summed E-state index contributed by atoms with van der Waals surface area (Å²) in [5, 5.41) is 8.02. The van der Waals surface area contributed by atoms with E-state index in [1.165, 1.54) is 5.56 Å². The Hall–Kier alpha value is -1.33. The number of ether oxygens (including phenoxy) is 1. The molecule has 1 aromatic carbocycles. The number of nitrogens with zero attached hydrogens (tertiary/aromatic N) is 2. The largest absolute Gasteiger partial charge is 0.493 e. The molecule has 0 spiro atoms. The predicted molar refractivity (Wildman–Crippen MR) is 88.8 cm³/mol. The van der Waals surface area contributed by atoms with E-state index in [1.54, 1.807) is 13.3 Å². The smallest absolute Gasteiger partial charge is 0.161 e. The Morgan fingerprint density at radius 1 is 1.33 bits per heavy atom. The SMILES string of the molecule is CCNC(c1ccccc1Br)c1c(OC)cnn1C(C)C. The molecule has 114 valence electrons. The van der Waals surface area contributed by atoms with Crippen LogP contribution in [0.3, 0.4) is 0 Å². The number of hydrogen-bond donors (Lipinski definition) is 1. The van der Waals surface area contributed by atoms with E-state index in [-0.39, 0.29) is 12.1 Å². The molecule has 21 heavy (non-hydrogen) atoms. The molecule has 0 amide bonds. The molecular formula is C16H22BrN3O. The highest BCUT2D eigenvalue weighted by molar-refractivity contribution is 9.10. The monoisotopic (exact) mass is 351 g/mol. The third-order valence-corrected chi connectivity index (χ3v) is 4.13. The number of hydrogen-bond acceptors (Lipinski definition) is 3. The van der Waals surface area contributed by atoms with E-state index in [1.807, 2.05) is 16.8 Å². The quantitative estimate of drug-likeness (QED) is 0.856. The van der Waals surface area contributed by atoms with Crippen molar-refractivity contribution in [3.8, 4) is 5.75 Å². The minimum atomic E-state index is 0.0328. The van der Waals surface area contributed by atoms with Crippen molar-refractivity contribution >= 4 is 15.9 Å². The van der Waals surface area contributed by atoms with Crippen LogP contribution in [0.1, 0.15) is 44.1 Å². The van der Waals surface area contributed by atoms with E-state index >= 15 is 0 Å². The normalized spacial score (nSPS) is 12.7. The molecule has 2 rings (SSSR count). The van der Waals surface area contributed by atoms with Gasteiger partial charge >= 0.3 is 0 Å². The summed E-state index contributed by atoms with van der Waals surface area (Å²) in [6.07, 6.45) is 1.79. The van der Waals surface area contributed by atoms with E-state index in [2.05, 4.69) is 59.2 Å². The first-order chi connectivity index (χ1) is 10.1. The van der Waals surface area contributed by atoms with Crippen LogP contribution in [0, 0.1) is 0 Å². The fraction of sp³-hybridized carbons (Fsp3) is 0.438. The lowest BCUT2D eigenvalue weighted by molar-refractivity contribution is 0.394. The van der Waals surface area contributed by atoms with Gasteiger partial charge in [-0.15, -0.1) is 0 Å². The Labute approximate surface area is 134 Å². The van der Waals surface area contributed by atoms with Gasteiger partial charge in [-0.3, -0.25) is 4.68 Å². The molecule has 0 saturated carbocycles. The molecule has 1 N–H and O–H groups in total. The summed E-state index contributed by atoms with van der Waals surface area (Å²) in [5.74, 6) is 0.811. The van der Waals surface area contributed by atoms with Gasteiger partial charge in [0, 0.05) is 10.5 Å². The zero-order chi connectivity index (χ0) is 15.4. The standard InChI is InChI=1S/C16H22BrN3O/c1-5-18-15(12-8-6-7-9-13(12)17)16-14(21-4)10-19-20(16)11(2)3/h6-11,15,18H,5H2,1-4H3. The summed E-state index contributed by atoms with van der Waals surface area (Å²) in [6.45, 7) is 7.21. The summed E-state index contributed by atoms with van der Waals surface area (Å²) < 4.78 is 8.62. The number of methoxy groups -OCH3 is 1. The number of rotatable bonds is 6. The molecule has 1 unspecified atom stereocenters. The summed E-state index contributed by atoms with van der Waals surface area (Å²) >= 11 is 3.65. The Morgan fingerprint density at radius 3 is 2.62 bits per heavy atom. The Kier molecular flexibility index (Phi) is 5.42. The number of aromatic nitrogens is 2. The minimum absolute atomic E-state index is 0.0328. The van der Waals surface area contributed by atoms with Crippen molar-refractivity contribution in [1.29, 1.82) is 0 Å². The average Bonchev–Trinajstić information content (AvgIpc) is 2.89. The van der Waals surface area contributed by atoms with Gasteiger partial charge in [0.2, 0.25) is 0 Å². The molecule has 0 bridgehead atoms. The molecule has 0 saturated heterocycles. The average molecular weight is 352 g/mol. The summed E-state index contributed by atoms with van der Waals surface area (Å²) in [7, 11) is 1.69. The van der Waals surface area contributed by atoms with Crippen LogP contribution < -0.4 is 10.1 Å². The maximum atomic E-state index is 5.53. The fourth-order valence-corrected chi connectivity index (χ4v) is 2.98. The third kappa shape index (κ3) is 3.30. The highest BCUT2D eigenvalue weighted by atomic mass is 79.9. The zero-order valence-corrected chi connectivity index (χ0v) is 14.5. The second-order valence-corrected chi connectivity index (χ2v) is 6.00. The van der Waals surface area contributed by atoms with Gasteiger partial charge < -0.3 is 10.1 Å². The van der Waals surface area contributed by atoms with Crippen LogP contribution >= 0.6 is 15.9 Å². The summed E-state index contributed by atoms with van der Waals surface area (Å²) in [6, 6.07) is 8.55. The van der Waals surface area contributed by atoms with Crippen molar-refractivity contribution in [2.45, 2.75) is 32.9 Å². The van der Waals surface area contributed by atoms with Gasteiger partial charge in [-0.05, 0) is 32.0 Å². The van der Waals surface area contributed by atoms with Crippen LogP contribution in [0.25, 0.3) is 0 Å². The van der Waals surface area contributed by atoms with Crippen LogP contribution in [-0.4, -0.2) is 23.4 Å². The lowest BCUT2D eigenvalue weighted by Crippen LogP contribution is -2.26. The molecule has 0 aliphatic carbocycles. The van der Waals surface area contributed by atoms with E-state index in [9.17, 15) is 0 Å². The first-order valence-corrected chi connectivity index (χ1v) is 7.98. The molecule has 0 fully saturated rings. The van der Waals surface area contributed by atoms with Gasteiger partial charge in [-0.25, -0.2) is 0 Å². The minimum Gasteiger partial charge on any atom is -0.493 e. The van der Waals surface area contributed by atoms with Crippen molar-refractivity contribution in [1.82, 2.24) is 15.1 Å². The highest BCUT2D eigenvalue weighted by Gasteiger charge is 2.25. The molecule has 1 atom stereocenters. The van der Waals surface area contributed by atoms with Gasteiger partial charge in [-0.2, -0.15) is 5.10 Å². The lowest BCUT2D eigenvalue weighted by Gasteiger charge is -2.23. The van der Waals surface area contributed by atoms with Crippen molar-refractivity contribution in [3.63, 3.8) is 0 Å². The second-order valence-electron chi connectivity index (χ2n) is 5.15. The second kappa shape index (κ2) is 7.09. The molecule has 0 aliphatic heterocycles. The zero-order valence-electron chi connectivity index (χ0n) is 12.9. The van der Waals surface area contributed by atoms with Crippen LogP contribution in [0.4, 0.5) is 0 Å². The summed E-state index contributed by atoms with van der Waals surface area (Å²) in [5.41, 5.74) is 2.24. The Balaban J connectivity index is 2.58. The first-order valence-electron chi connectivity index (χ1n) is 7.19. The molecule has 0 aliphatic rings. The maximum absolute atomic E-state index is 5.53. The molecule has 5 heteroatoms. The number of nitrogens with one attached hydrogen (secondary N) is 1. The van der Waals surface area contributed by atoms with Crippen molar-refractivity contribution < 1.29 is 4.74 Å². The Morgan fingerprint density at radius 2 is 2.05 bits per heavy atom. The maximum Gasteiger partial charge on any atom is 0.161 e. The van der Waals surface area contributed by atoms with Crippen LogP contribution in [0.2, 0.25) is 0 Å². The molecule has 0 radical (unpaired) electrons. The van der Waals surface area contributed by atoms with Gasteiger partial charge in [0.05, 0.1) is 19.3 Å². The van der Waals surface area contributed by atoms with E-state index in [0.29, 0.717) is 0 Å². The van der Waals surface area contributed by atoms with Crippen LogP contribution in [-0.2, 0) is 0 Å². The fourth-order valence-electron chi connectivity index (χ4n) is 2.47. The van der Waals surface area contributed by atoms with Gasteiger partial charge in [0.1, 0.15) is 5.69 Å². The van der Waals surface area contributed by atoms with Gasteiger partial charge in [0.25, 0.3) is 0 Å². The number of benzene rings is 1. The molecule has 1 aromatic heterocycles. The highest BCUT2D eigenvalue weighted by Crippen LogP contribution is 2.34. The van der Waals surface area contributed by atoms with Crippen molar-refractivity contribution in [2.75, 3.05) is 13.7 Å². The number of halogens is 1. The van der Waals surface area contributed by atoms with Crippen molar-refractivity contribution in [3.05, 3.63) is 46.2 Å². The summed E-state index contributed by atoms with van der Waals surface area (Å²) in [4.78, 5) is 0. The van der Waals surface area contributed by atoms with Gasteiger partial charge in [0.15, 0.2) is 5.75 Å². The topological polar surface area (TPSA) is 39.1 Å². The molecular weight excluding hydrogens is 330 g/mol. The first kappa shape index (κ1) is 16.0. The van der Waals surface area contributed by atoms with Gasteiger partial charge in [-0.1, -0.05) is 41.1 Å². The molecule has 1 heterocycles. The predicted octanol–water partition coefficient (Wildman–Crippen LogP) is 3.93. The Bertz CT molecular complexity index is 595. The van der Waals surface area contributed by atoms with Crippen molar-refractivity contribution in [2.24, 2.45) is 0 Å². The molecule has 4 nitrogen and oxygen atoms in total.